The van der Waals surface area contributed by atoms with Crippen LogP contribution in [0, 0.1) is 32.1 Å². The van der Waals surface area contributed by atoms with Crippen LogP contribution in [0.4, 0.5) is 17.2 Å². The number of hydrogen-bond acceptors (Lipinski definition) is 10. The maximum Gasteiger partial charge on any atom is 0.287 e. The van der Waals surface area contributed by atoms with Gasteiger partial charge in [-0.2, -0.15) is 0 Å². The fourth-order valence-electron chi connectivity index (χ4n) is 5.25. The maximum absolute atomic E-state index is 10.6. The van der Waals surface area contributed by atoms with E-state index < -0.39 is 9.85 Å². The topological polar surface area (TPSA) is 134 Å². The van der Waals surface area contributed by atoms with E-state index in [-0.39, 0.29) is 16.5 Å². The lowest BCUT2D eigenvalue weighted by Gasteiger charge is -2.35. The van der Waals surface area contributed by atoms with Gasteiger partial charge < -0.3 is 20.0 Å². The zero-order chi connectivity index (χ0) is 31.6. The Bertz CT molecular complexity index is 1050. The lowest BCUT2D eigenvalue weighted by atomic mass is 9.96. The van der Waals surface area contributed by atoms with E-state index in [0.717, 1.165) is 62.9 Å². The minimum absolute atomic E-state index is 0.0511. The van der Waals surface area contributed by atoms with Crippen molar-refractivity contribution in [3.63, 3.8) is 0 Å². The first-order chi connectivity index (χ1) is 20.7. The quantitative estimate of drug-likeness (QED) is 0.194. The fraction of sp³-hybridized carbons (Fsp3) is 0.667. The Kier molecular flexibility index (Phi) is 17.0. The molecule has 12 nitrogen and oxygen atoms in total. The molecule has 0 spiro atoms. The number of piperidine rings is 2. The molecule has 2 aromatic heterocycles. The molecular weight excluding hydrogens is 572 g/mol. The van der Waals surface area contributed by atoms with Crippen molar-refractivity contribution < 1.29 is 9.85 Å². The van der Waals surface area contributed by atoms with Gasteiger partial charge in [-0.1, -0.05) is 39.3 Å². The molecule has 0 saturated carbocycles. The number of nitrogens with zero attached hydrogens (tertiary/aromatic N) is 7. The molecule has 13 heteroatoms. The Morgan fingerprint density at radius 2 is 1.26 bits per heavy atom. The third kappa shape index (κ3) is 13.5. The number of hydrogen-bond donors (Lipinski definition) is 1. The van der Waals surface area contributed by atoms with Crippen LogP contribution in [-0.2, 0) is 0 Å². The second-order valence-corrected chi connectivity index (χ2v) is 11.2. The lowest BCUT2D eigenvalue weighted by molar-refractivity contribution is -0.385. The highest BCUT2D eigenvalue weighted by atomic mass is 35.5. The summed E-state index contributed by atoms with van der Waals surface area (Å²) in [5.74, 6) is 2.55. The molecular formula is C30H49ClN8O4. The molecule has 43 heavy (non-hydrogen) atoms. The maximum atomic E-state index is 10.6. The standard InChI is InChI=1S/C15H24N4O2.C10H22N2.C5H3ClN2O2/c1-3-17(4-2)12-13-7-9-18(10-8-13)15-6-5-14(11-16-15)19(20)21;1-3-12(4-2)9-10-5-7-11-8-6-10;6-5-2-1-4(3-7-5)8(9)10/h5-6,11,13H,3-4,7-10,12H2,1-2H3;10-11H,3-9H2,1-2H3;1-3H. The Morgan fingerprint density at radius 3 is 1.65 bits per heavy atom. The molecule has 1 N–H and O–H groups in total. The van der Waals surface area contributed by atoms with Gasteiger partial charge in [-0.05, 0) is 88.9 Å². The summed E-state index contributed by atoms with van der Waals surface area (Å²) >= 11 is 5.38. The van der Waals surface area contributed by atoms with E-state index in [4.69, 9.17) is 11.6 Å². The number of nitro groups is 2. The van der Waals surface area contributed by atoms with Crippen LogP contribution >= 0.6 is 11.6 Å². The van der Waals surface area contributed by atoms with Gasteiger partial charge in [-0.25, -0.2) is 9.97 Å². The average Bonchev–Trinajstić information content (AvgIpc) is 3.04. The van der Waals surface area contributed by atoms with Gasteiger partial charge >= 0.3 is 0 Å². The van der Waals surface area contributed by atoms with E-state index in [1.54, 1.807) is 6.07 Å². The summed E-state index contributed by atoms with van der Waals surface area (Å²) in [6, 6.07) is 5.96. The van der Waals surface area contributed by atoms with Crippen molar-refractivity contribution in [3.8, 4) is 0 Å². The fourth-order valence-corrected chi connectivity index (χ4v) is 5.36. The van der Waals surface area contributed by atoms with Crippen LogP contribution in [0.1, 0.15) is 53.4 Å². The second kappa shape index (κ2) is 20.1. The molecule has 2 saturated heterocycles. The van der Waals surface area contributed by atoms with Crippen LogP contribution in [0.25, 0.3) is 0 Å². The molecule has 0 aliphatic carbocycles. The van der Waals surface area contributed by atoms with E-state index in [9.17, 15) is 20.2 Å². The van der Waals surface area contributed by atoms with Crippen LogP contribution in [-0.4, -0.2) is 95.1 Å². The van der Waals surface area contributed by atoms with Gasteiger partial charge in [0.15, 0.2) is 0 Å². The van der Waals surface area contributed by atoms with Crippen LogP contribution in [0.5, 0.6) is 0 Å². The number of anilines is 1. The lowest BCUT2D eigenvalue weighted by Crippen LogP contribution is -2.39. The van der Waals surface area contributed by atoms with Gasteiger partial charge in [-0.15, -0.1) is 0 Å². The molecule has 0 atom stereocenters. The van der Waals surface area contributed by atoms with Gasteiger partial charge in [0, 0.05) is 38.3 Å². The number of rotatable bonds is 11. The molecule has 2 aromatic rings. The van der Waals surface area contributed by atoms with Gasteiger partial charge in [-0.3, -0.25) is 20.2 Å². The number of aromatic nitrogens is 2. The summed E-state index contributed by atoms with van der Waals surface area (Å²) < 4.78 is 0. The first-order valence-electron chi connectivity index (χ1n) is 15.5. The normalized spacial score (nSPS) is 15.8. The molecule has 0 unspecified atom stereocenters. The third-order valence-electron chi connectivity index (χ3n) is 8.08. The van der Waals surface area contributed by atoms with E-state index in [1.165, 1.54) is 76.5 Å². The van der Waals surface area contributed by atoms with Crippen molar-refractivity contribution >= 4 is 28.8 Å². The zero-order valence-electron chi connectivity index (χ0n) is 26.2. The Morgan fingerprint density at radius 1 is 0.791 bits per heavy atom. The third-order valence-corrected chi connectivity index (χ3v) is 8.31. The highest BCUT2D eigenvalue weighted by Crippen LogP contribution is 2.24. The Balaban J connectivity index is 0.000000248. The van der Waals surface area contributed by atoms with Crippen LogP contribution in [0.3, 0.4) is 0 Å². The van der Waals surface area contributed by atoms with E-state index in [0.29, 0.717) is 0 Å². The molecule has 2 aliphatic heterocycles. The summed E-state index contributed by atoms with van der Waals surface area (Å²) in [5, 5.41) is 24.3. The molecule has 240 valence electrons. The molecule has 0 amide bonds. The van der Waals surface area contributed by atoms with Crippen LogP contribution in [0.15, 0.2) is 36.7 Å². The predicted octanol–water partition coefficient (Wildman–Crippen LogP) is 5.52. The molecule has 2 aliphatic rings. The summed E-state index contributed by atoms with van der Waals surface area (Å²) in [7, 11) is 0. The Labute approximate surface area is 261 Å². The SMILES string of the molecule is CCN(CC)CC1CCN(c2ccc([N+](=O)[O-])cn2)CC1.CCN(CC)CC1CCNCC1.O=[N+]([O-])c1ccc(Cl)nc1. The van der Waals surface area contributed by atoms with Crippen molar-refractivity contribution in [2.45, 2.75) is 53.4 Å². The summed E-state index contributed by atoms with van der Waals surface area (Å²) in [4.78, 5) is 34.7. The average molecular weight is 621 g/mol. The van der Waals surface area contributed by atoms with Crippen molar-refractivity contribution in [1.82, 2.24) is 25.1 Å². The highest BCUT2D eigenvalue weighted by molar-refractivity contribution is 6.29. The minimum Gasteiger partial charge on any atom is -0.357 e. The van der Waals surface area contributed by atoms with Gasteiger partial charge in [0.25, 0.3) is 11.4 Å². The molecule has 0 radical (unpaired) electrons. The second-order valence-electron chi connectivity index (χ2n) is 10.8. The summed E-state index contributed by atoms with van der Waals surface area (Å²) in [6.45, 7) is 20.5. The minimum atomic E-state index is -0.524. The first kappa shape index (κ1) is 36.3. The van der Waals surface area contributed by atoms with Crippen molar-refractivity contribution in [1.29, 1.82) is 0 Å². The summed E-state index contributed by atoms with van der Waals surface area (Å²) in [5.41, 5.74) is -0.000399. The van der Waals surface area contributed by atoms with Crippen LogP contribution < -0.4 is 10.2 Å². The van der Waals surface area contributed by atoms with E-state index in [1.807, 2.05) is 0 Å². The summed E-state index contributed by atoms with van der Waals surface area (Å²) in [6.07, 6.45) is 7.52. The van der Waals surface area contributed by atoms with E-state index >= 15 is 0 Å². The van der Waals surface area contributed by atoms with Crippen LogP contribution in [0.2, 0.25) is 5.15 Å². The van der Waals surface area contributed by atoms with Gasteiger partial charge in [0.05, 0.1) is 9.85 Å². The largest absolute Gasteiger partial charge is 0.357 e. The molecule has 0 aromatic carbocycles. The molecule has 4 heterocycles. The van der Waals surface area contributed by atoms with Gasteiger partial charge in [0.1, 0.15) is 23.4 Å². The predicted molar refractivity (Wildman–Crippen MR) is 173 cm³/mol. The molecule has 4 rings (SSSR count). The zero-order valence-corrected chi connectivity index (χ0v) is 26.9. The number of pyridine rings is 2. The smallest absolute Gasteiger partial charge is 0.287 e. The number of halogens is 1. The Hall–Kier alpha value is -2.93. The molecule has 0 bridgehead atoms. The van der Waals surface area contributed by atoms with Crippen molar-refractivity contribution in [3.05, 3.63) is 62.0 Å². The van der Waals surface area contributed by atoms with Gasteiger partial charge in [0.2, 0.25) is 0 Å². The van der Waals surface area contributed by atoms with Crippen molar-refractivity contribution in [2.75, 3.05) is 70.3 Å². The van der Waals surface area contributed by atoms with E-state index in [2.05, 4.69) is 57.7 Å². The number of nitrogens with one attached hydrogen (secondary N) is 1. The molecule has 2 fully saturated rings. The van der Waals surface area contributed by atoms with Crippen molar-refractivity contribution in [2.24, 2.45) is 11.8 Å². The monoisotopic (exact) mass is 620 g/mol. The highest BCUT2D eigenvalue weighted by Gasteiger charge is 2.22. The first-order valence-corrected chi connectivity index (χ1v) is 15.8.